The van der Waals surface area contributed by atoms with Crippen molar-refractivity contribution >= 4 is 0 Å². The number of allylic oxidation sites excluding steroid dienone is 2. The molecule has 4 heteroatoms. The molecule has 0 aromatic rings. The molecular weight excluding hydrogens is 350 g/mol. The summed E-state index contributed by atoms with van der Waals surface area (Å²) in [6, 6.07) is 0. The van der Waals surface area contributed by atoms with Crippen LogP contribution in [-0.4, -0.2) is 61.2 Å². The first-order valence-electron chi connectivity index (χ1n) is 12.0. The molecule has 4 nitrogen and oxygen atoms in total. The Morgan fingerprint density at radius 3 is 1.64 bits per heavy atom. The molecule has 0 bridgehead atoms. The summed E-state index contributed by atoms with van der Waals surface area (Å²) < 4.78 is 5.66. The molecule has 168 valence electrons. The van der Waals surface area contributed by atoms with E-state index in [0.29, 0.717) is 19.7 Å². The van der Waals surface area contributed by atoms with Crippen LogP contribution >= 0.6 is 0 Å². The van der Waals surface area contributed by atoms with E-state index in [1.54, 1.807) is 0 Å². The number of aliphatic hydroxyl groups is 2. The molecule has 0 aliphatic carbocycles. The predicted molar refractivity (Wildman–Crippen MR) is 121 cm³/mol. The summed E-state index contributed by atoms with van der Waals surface area (Å²) in [7, 11) is 0. The normalized spacial score (nSPS) is 11.9. The molecule has 0 aliphatic rings. The summed E-state index contributed by atoms with van der Waals surface area (Å²) in [5.74, 6) is 0. The molecule has 28 heavy (non-hydrogen) atoms. The van der Waals surface area contributed by atoms with E-state index in [-0.39, 0.29) is 13.2 Å². The lowest BCUT2D eigenvalue weighted by atomic mass is 10.1. The van der Waals surface area contributed by atoms with Crippen molar-refractivity contribution in [2.75, 3.05) is 46.1 Å². The SMILES string of the molecule is CCCCCCCC/C=C/CCCCCCCCOCCN(CCO)CCO. The predicted octanol–water partition coefficient (Wildman–Crippen LogP) is 5.33. The number of ether oxygens (including phenoxy) is 1. The van der Waals surface area contributed by atoms with Gasteiger partial charge in [-0.3, -0.25) is 4.90 Å². The third-order valence-electron chi connectivity index (χ3n) is 5.18. The Bertz CT molecular complexity index is 304. The highest BCUT2D eigenvalue weighted by Gasteiger charge is 2.02. The van der Waals surface area contributed by atoms with Gasteiger partial charge in [0.1, 0.15) is 0 Å². The molecule has 0 radical (unpaired) electrons. The van der Waals surface area contributed by atoms with Crippen molar-refractivity contribution in [2.45, 2.75) is 96.8 Å². The lowest BCUT2D eigenvalue weighted by Crippen LogP contribution is -2.33. The summed E-state index contributed by atoms with van der Waals surface area (Å²) in [4.78, 5) is 2.03. The second kappa shape index (κ2) is 24.6. The molecule has 0 atom stereocenters. The van der Waals surface area contributed by atoms with Gasteiger partial charge in [0.15, 0.2) is 0 Å². The number of hydrogen-bond donors (Lipinski definition) is 2. The Morgan fingerprint density at radius 2 is 1.11 bits per heavy atom. The number of unbranched alkanes of at least 4 members (excludes halogenated alkanes) is 12. The van der Waals surface area contributed by atoms with Crippen molar-refractivity contribution in [1.82, 2.24) is 4.90 Å². The molecule has 0 fully saturated rings. The molecule has 0 spiro atoms. The maximum Gasteiger partial charge on any atom is 0.0593 e. The lowest BCUT2D eigenvalue weighted by molar-refractivity contribution is 0.0849. The van der Waals surface area contributed by atoms with E-state index in [0.717, 1.165) is 19.6 Å². The molecule has 0 aromatic heterocycles. The Hall–Kier alpha value is -0.420. The van der Waals surface area contributed by atoms with Gasteiger partial charge < -0.3 is 14.9 Å². The number of hydrogen-bond acceptors (Lipinski definition) is 4. The van der Waals surface area contributed by atoms with Crippen molar-refractivity contribution in [3.63, 3.8) is 0 Å². The van der Waals surface area contributed by atoms with Crippen LogP contribution in [0.1, 0.15) is 96.8 Å². The van der Waals surface area contributed by atoms with E-state index in [1.807, 2.05) is 4.90 Å². The second-order valence-corrected chi connectivity index (χ2v) is 7.84. The fourth-order valence-electron chi connectivity index (χ4n) is 3.37. The van der Waals surface area contributed by atoms with Crippen LogP contribution in [0.15, 0.2) is 12.2 Å². The minimum absolute atomic E-state index is 0.134. The Kier molecular flexibility index (Phi) is 24.2. The highest BCUT2D eigenvalue weighted by Crippen LogP contribution is 2.10. The molecule has 0 aromatic carbocycles. The van der Waals surface area contributed by atoms with Crippen molar-refractivity contribution in [3.05, 3.63) is 12.2 Å². The number of nitrogens with zero attached hydrogens (tertiary/aromatic N) is 1. The van der Waals surface area contributed by atoms with E-state index < -0.39 is 0 Å². The van der Waals surface area contributed by atoms with Crippen LogP contribution in [0.3, 0.4) is 0 Å². The fourth-order valence-corrected chi connectivity index (χ4v) is 3.37. The molecule has 0 rings (SSSR count). The van der Waals surface area contributed by atoms with Crippen LogP contribution in [0.4, 0.5) is 0 Å². The van der Waals surface area contributed by atoms with E-state index in [2.05, 4.69) is 19.1 Å². The maximum absolute atomic E-state index is 8.95. The first kappa shape index (κ1) is 27.6. The lowest BCUT2D eigenvalue weighted by Gasteiger charge is -2.19. The molecule has 0 aliphatic heterocycles. The summed E-state index contributed by atoms with van der Waals surface area (Å²) in [6.45, 7) is 6.06. The maximum atomic E-state index is 8.95. The molecule has 0 unspecified atom stereocenters. The topological polar surface area (TPSA) is 52.9 Å². The van der Waals surface area contributed by atoms with Crippen LogP contribution in [-0.2, 0) is 4.74 Å². The third-order valence-corrected chi connectivity index (χ3v) is 5.18. The second-order valence-electron chi connectivity index (χ2n) is 7.84. The molecule has 0 amide bonds. The molecule has 2 N–H and O–H groups in total. The summed E-state index contributed by atoms with van der Waals surface area (Å²) >= 11 is 0. The Morgan fingerprint density at radius 1 is 0.607 bits per heavy atom. The minimum Gasteiger partial charge on any atom is -0.395 e. The van der Waals surface area contributed by atoms with Gasteiger partial charge in [-0.15, -0.1) is 0 Å². The summed E-state index contributed by atoms with van der Waals surface area (Å²) in [5.41, 5.74) is 0. The Labute approximate surface area is 175 Å². The van der Waals surface area contributed by atoms with Crippen LogP contribution < -0.4 is 0 Å². The molecule has 0 heterocycles. The van der Waals surface area contributed by atoms with Gasteiger partial charge in [0, 0.05) is 26.2 Å². The van der Waals surface area contributed by atoms with E-state index in [9.17, 15) is 0 Å². The third kappa shape index (κ3) is 21.9. The fraction of sp³-hybridized carbons (Fsp3) is 0.917. The zero-order valence-electron chi connectivity index (χ0n) is 18.8. The number of rotatable bonds is 23. The average Bonchev–Trinajstić information content (AvgIpc) is 2.70. The van der Waals surface area contributed by atoms with Crippen molar-refractivity contribution < 1.29 is 14.9 Å². The number of aliphatic hydroxyl groups excluding tert-OH is 2. The van der Waals surface area contributed by atoms with Gasteiger partial charge in [-0.05, 0) is 32.1 Å². The van der Waals surface area contributed by atoms with Crippen LogP contribution in [0.25, 0.3) is 0 Å². The zero-order chi connectivity index (χ0) is 20.5. The van der Waals surface area contributed by atoms with Gasteiger partial charge in [-0.1, -0.05) is 76.9 Å². The van der Waals surface area contributed by atoms with Gasteiger partial charge in [0.25, 0.3) is 0 Å². The standard InChI is InChI=1S/C24H49NO3/c1-2-3-4-5-6-7-8-9-10-11-12-13-14-15-16-17-23-28-24-20-25(18-21-26)19-22-27/h9-10,26-27H,2-8,11-24H2,1H3/b10-9+. The van der Waals surface area contributed by atoms with Crippen molar-refractivity contribution in [3.8, 4) is 0 Å². The average molecular weight is 400 g/mol. The highest BCUT2D eigenvalue weighted by molar-refractivity contribution is 4.81. The van der Waals surface area contributed by atoms with E-state index >= 15 is 0 Å². The van der Waals surface area contributed by atoms with Gasteiger partial charge in [0.2, 0.25) is 0 Å². The van der Waals surface area contributed by atoms with Crippen LogP contribution in [0.2, 0.25) is 0 Å². The van der Waals surface area contributed by atoms with Gasteiger partial charge in [0.05, 0.1) is 19.8 Å². The molecular formula is C24H49NO3. The van der Waals surface area contributed by atoms with Gasteiger partial charge in [-0.25, -0.2) is 0 Å². The summed E-state index contributed by atoms with van der Waals surface area (Å²) in [6.07, 6.45) is 23.3. The minimum atomic E-state index is 0.134. The van der Waals surface area contributed by atoms with Crippen LogP contribution in [0.5, 0.6) is 0 Å². The van der Waals surface area contributed by atoms with E-state index in [1.165, 1.54) is 83.5 Å². The first-order chi connectivity index (χ1) is 13.8. The van der Waals surface area contributed by atoms with Crippen molar-refractivity contribution in [1.29, 1.82) is 0 Å². The van der Waals surface area contributed by atoms with Crippen molar-refractivity contribution in [2.24, 2.45) is 0 Å². The van der Waals surface area contributed by atoms with Gasteiger partial charge >= 0.3 is 0 Å². The largest absolute Gasteiger partial charge is 0.395 e. The monoisotopic (exact) mass is 399 g/mol. The quantitative estimate of drug-likeness (QED) is 0.180. The van der Waals surface area contributed by atoms with E-state index in [4.69, 9.17) is 14.9 Å². The molecule has 0 saturated carbocycles. The summed E-state index contributed by atoms with van der Waals surface area (Å²) in [5, 5.41) is 17.9. The highest BCUT2D eigenvalue weighted by atomic mass is 16.5. The van der Waals surface area contributed by atoms with Gasteiger partial charge in [-0.2, -0.15) is 0 Å². The smallest absolute Gasteiger partial charge is 0.0593 e. The Balaban J connectivity index is 3.20. The van der Waals surface area contributed by atoms with Crippen LogP contribution in [0, 0.1) is 0 Å². The zero-order valence-corrected chi connectivity index (χ0v) is 18.8. The first-order valence-corrected chi connectivity index (χ1v) is 12.0. The molecule has 0 saturated heterocycles.